The van der Waals surface area contributed by atoms with Crippen LogP contribution in [0.1, 0.15) is 34.6 Å². The first-order valence-corrected chi connectivity index (χ1v) is 7.20. The molecule has 0 radical (unpaired) electrons. The molecule has 0 aromatic heterocycles. The summed E-state index contributed by atoms with van der Waals surface area (Å²) in [5.41, 5.74) is 1.30. The molecule has 1 saturated heterocycles. The van der Waals surface area contributed by atoms with Crippen LogP contribution >= 0.6 is 0 Å². The Balaban J connectivity index is 2.00. The smallest absolute Gasteiger partial charge is 0.311 e. The lowest BCUT2D eigenvalue weighted by molar-refractivity contribution is -0.151. The third-order valence-corrected chi connectivity index (χ3v) is 3.44. The normalized spacial score (nSPS) is 29.6. The van der Waals surface area contributed by atoms with E-state index in [4.69, 9.17) is 14.2 Å². The van der Waals surface area contributed by atoms with Crippen molar-refractivity contribution in [3.63, 3.8) is 0 Å². The number of rotatable bonds is 2. The number of fused-ring (bicyclic) bond motifs is 1. The van der Waals surface area contributed by atoms with E-state index in [-0.39, 0.29) is 24.8 Å². The number of esters is 1. The molecule has 1 heterocycles. The summed E-state index contributed by atoms with van der Waals surface area (Å²) in [6.45, 7) is 13.6. The first-order chi connectivity index (χ1) is 9.60. The molecular weight excluding hydrogens is 268 g/mol. The van der Waals surface area contributed by atoms with Crippen LogP contribution in [0.2, 0.25) is 0 Å². The molecular formula is C17H24O4. The van der Waals surface area contributed by atoms with Crippen molar-refractivity contribution >= 4 is 5.97 Å². The van der Waals surface area contributed by atoms with Crippen LogP contribution in [-0.4, -0.2) is 30.6 Å². The van der Waals surface area contributed by atoms with E-state index in [0.29, 0.717) is 0 Å². The van der Waals surface area contributed by atoms with Crippen LogP contribution in [0.3, 0.4) is 0 Å². The van der Waals surface area contributed by atoms with Crippen molar-refractivity contribution in [1.82, 2.24) is 0 Å². The van der Waals surface area contributed by atoms with Crippen LogP contribution in [0.25, 0.3) is 0 Å². The van der Waals surface area contributed by atoms with Crippen LogP contribution in [-0.2, 0) is 19.0 Å². The highest BCUT2D eigenvalue weighted by atomic mass is 16.7. The zero-order chi connectivity index (χ0) is 15.8. The van der Waals surface area contributed by atoms with E-state index >= 15 is 0 Å². The Labute approximate surface area is 126 Å². The molecule has 0 N–H and O–H groups in total. The monoisotopic (exact) mass is 292 g/mol. The maximum Gasteiger partial charge on any atom is 0.311 e. The quantitative estimate of drug-likeness (QED) is 0.733. The number of carbonyl (C=O) groups excluding carboxylic acids is 1. The number of hydrogen-bond donors (Lipinski definition) is 0. The van der Waals surface area contributed by atoms with Gasteiger partial charge < -0.3 is 14.2 Å². The van der Waals surface area contributed by atoms with Crippen LogP contribution in [0, 0.1) is 5.41 Å². The molecule has 21 heavy (non-hydrogen) atoms. The minimum absolute atomic E-state index is 0.0956. The van der Waals surface area contributed by atoms with Crippen molar-refractivity contribution in [3.8, 4) is 0 Å². The number of hydrogen-bond acceptors (Lipinski definition) is 4. The average Bonchev–Trinajstić information content (AvgIpc) is 2.66. The van der Waals surface area contributed by atoms with Crippen molar-refractivity contribution in [1.29, 1.82) is 0 Å². The summed E-state index contributed by atoms with van der Waals surface area (Å²) in [4.78, 5) is 11.7. The fourth-order valence-corrected chi connectivity index (χ4v) is 2.29. The number of ether oxygens (including phenoxy) is 3. The standard InChI is InChI=1S/C17H24O4/c1-11-12(9-10-19-15(18)16(2,3)4)7-8-13-14(11)21-17(5,6)20-13/h7-9,13-14H,1,10H2,2-6H3/b12-9-/t13-,14-/m1/s1. The molecule has 2 atom stereocenters. The topological polar surface area (TPSA) is 44.8 Å². The van der Waals surface area contributed by atoms with Gasteiger partial charge in [-0.2, -0.15) is 0 Å². The van der Waals surface area contributed by atoms with Crippen LogP contribution in [0.4, 0.5) is 0 Å². The van der Waals surface area contributed by atoms with Crippen molar-refractivity contribution in [2.24, 2.45) is 5.41 Å². The third kappa shape index (κ3) is 3.63. The second-order valence-electron chi connectivity index (χ2n) is 6.91. The second-order valence-corrected chi connectivity index (χ2v) is 6.91. The molecule has 0 aromatic rings. The molecule has 2 aliphatic rings. The summed E-state index contributed by atoms with van der Waals surface area (Å²) >= 11 is 0. The zero-order valence-electron chi connectivity index (χ0n) is 13.4. The zero-order valence-corrected chi connectivity index (χ0v) is 13.4. The van der Waals surface area contributed by atoms with E-state index in [1.165, 1.54) is 0 Å². The minimum Gasteiger partial charge on any atom is -0.461 e. The Morgan fingerprint density at radius 3 is 2.71 bits per heavy atom. The predicted molar refractivity (Wildman–Crippen MR) is 80.6 cm³/mol. The second kappa shape index (κ2) is 5.43. The largest absolute Gasteiger partial charge is 0.461 e. The first kappa shape index (κ1) is 16.0. The maximum atomic E-state index is 11.7. The molecule has 0 saturated carbocycles. The minimum atomic E-state index is -0.600. The lowest BCUT2D eigenvalue weighted by Crippen LogP contribution is -2.27. The molecule has 4 heteroatoms. The lowest BCUT2D eigenvalue weighted by Gasteiger charge is -2.22. The van der Waals surface area contributed by atoms with Gasteiger partial charge in [-0.15, -0.1) is 0 Å². The Bertz CT molecular complexity index is 505. The van der Waals surface area contributed by atoms with Gasteiger partial charge in [0.1, 0.15) is 18.8 Å². The molecule has 1 fully saturated rings. The van der Waals surface area contributed by atoms with Gasteiger partial charge in [0.05, 0.1) is 5.41 Å². The Morgan fingerprint density at radius 1 is 1.43 bits per heavy atom. The Kier molecular flexibility index (Phi) is 4.13. The van der Waals surface area contributed by atoms with Gasteiger partial charge in [-0.3, -0.25) is 4.79 Å². The molecule has 1 aliphatic heterocycles. The molecule has 4 nitrogen and oxygen atoms in total. The highest BCUT2D eigenvalue weighted by Gasteiger charge is 2.43. The molecule has 0 bridgehead atoms. The molecule has 0 unspecified atom stereocenters. The van der Waals surface area contributed by atoms with Gasteiger partial charge in [0.15, 0.2) is 5.79 Å². The lowest BCUT2D eigenvalue weighted by atomic mass is 9.92. The Morgan fingerprint density at radius 2 is 2.10 bits per heavy atom. The van der Waals surface area contributed by atoms with Crippen LogP contribution in [0.5, 0.6) is 0 Å². The van der Waals surface area contributed by atoms with E-state index in [9.17, 15) is 4.79 Å². The van der Waals surface area contributed by atoms with Crippen molar-refractivity contribution in [2.75, 3.05) is 6.61 Å². The molecule has 0 spiro atoms. The van der Waals surface area contributed by atoms with Gasteiger partial charge in [-0.1, -0.05) is 18.7 Å². The SMILES string of the molecule is C=C1/C(=C\COC(=O)C(C)(C)C)C=C[C@H]2OC(C)(C)O[C@H]12. The summed E-state index contributed by atoms with van der Waals surface area (Å²) in [7, 11) is 0. The summed E-state index contributed by atoms with van der Waals surface area (Å²) in [6, 6.07) is 0. The number of allylic oxidation sites excluding steroid dienone is 1. The van der Waals surface area contributed by atoms with E-state index < -0.39 is 11.2 Å². The van der Waals surface area contributed by atoms with Gasteiger partial charge in [0, 0.05) is 0 Å². The average molecular weight is 292 g/mol. The Hall–Kier alpha value is -1.39. The first-order valence-electron chi connectivity index (χ1n) is 7.20. The maximum absolute atomic E-state index is 11.7. The molecule has 116 valence electrons. The van der Waals surface area contributed by atoms with Gasteiger partial charge in [-0.25, -0.2) is 0 Å². The van der Waals surface area contributed by atoms with Crippen LogP contribution in [0.15, 0.2) is 36.0 Å². The van der Waals surface area contributed by atoms with E-state index in [1.54, 1.807) is 0 Å². The van der Waals surface area contributed by atoms with Crippen molar-refractivity contribution in [3.05, 3.63) is 36.0 Å². The molecule has 0 amide bonds. The summed E-state index contributed by atoms with van der Waals surface area (Å²) < 4.78 is 16.9. The van der Waals surface area contributed by atoms with E-state index in [0.717, 1.165) is 11.1 Å². The van der Waals surface area contributed by atoms with Gasteiger partial charge in [0.25, 0.3) is 0 Å². The van der Waals surface area contributed by atoms with Gasteiger partial charge in [0.2, 0.25) is 0 Å². The van der Waals surface area contributed by atoms with Gasteiger partial charge >= 0.3 is 5.97 Å². The molecule has 1 aliphatic carbocycles. The molecule has 2 rings (SSSR count). The highest BCUT2D eigenvalue weighted by Crippen LogP contribution is 2.37. The van der Waals surface area contributed by atoms with Crippen molar-refractivity contribution in [2.45, 2.75) is 52.6 Å². The highest BCUT2D eigenvalue weighted by molar-refractivity contribution is 5.75. The fourth-order valence-electron chi connectivity index (χ4n) is 2.29. The summed E-state index contributed by atoms with van der Waals surface area (Å²) in [5, 5.41) is 0. The third-order valence-electron chi connectivity index (χ3n) is 3.44. The molecule has 0 aromatic carbocycles. The number of carbonyl (C=O) groups is 1. The predicted octanol–water partition coefficient (Wildman–Crippen LogP) is 3.15. The fraction of sp³-hybridized carbons (Fsp3) is 0.588. The van der Waals surface area contributed by atoms with Gasteiger partial charge in [-0.05, 0) is 51.8 Å². The van der Waals surface area contributed by atoms with E-state index in [1.807, 2.05) is 52.8 Å². The van der Waals surface area contributed by atoms with Crippen LogP contribution < -0.4 is 0 Å². The summed E-state index contributed by atoms with van der Waals surface area (Å²) in [6.07, 6.45) is 5.49. The van der Waals surface area contributed by atoms with Crippen molar-refractivity contribution < 1.29 is 19.0 Å². The van der Waals surface area contributed by atoms with E-state index in [2.05, 4.69) is 6.58 Å². The summed E-state index contributed by atoms with van der Waals surface area (Å²) in [5.74, 6) is -0.819.